The summed E-state index contributed by atoms with van der Waals surface area (Å²) >= 11 is 0. The van der Waals surface area contributed by atoms with E-state index in [1.54, 1.807) is 12.3 Å². The Morgan fingerprint density at radius 2 is 1.86 bits per heavy atom. The van der Waals surface area contributed by atoms with Gasteiger partial charge in [-0.1, -0.05) is 42.5 Å². The molecule has 0 spiro atoms. The highest BCUT2D eigenvalue weighted by atomic mass is 16.5. The summed E-state index contributed by atoms with van der Waals surface area (Å²) in [4.78, 5) is 14.6. The Kier molecular flexibility index (Phi) is 4.01. The lowest BCUT2D eigenvalue weighted by Crippen LogP contribution is -2.04. The number of hydrogen-bond acceptors (Lipinski definition) is 3. The van der Waals surface area contributed by atoms with Crippen LogP contribution in [0.25, 0.3) is 10.8 Å². The van der Waals surface area contributed by atoms with Gasteiger partial charge >= 0.3 is 5.97 Å². The Morgan fingerprint density at radius 1 is 1.05 bits per heavy atom. The van der Waals surface area contributed by atoms with Crippen molar-refractivity contribution >= 4 is 16.7 Å². The molecule has 3 rings (SSSR count). The molecule has 1 aromatic heterocycles. The standard InChI is InChI=1S/C18H15NO3/c20-18(21)16-9-8-13(12-19-16)10-11-22-17-7-3-5-14-4-1-2-6-15(14)17/h1-9,12H,10-11H2,(H,20,21). The fourth-order valence-electron chi connectivity index (χ4n) is 2.30. The van der Waals surface area contributed by atoms with Crippen molar-refractivity contribution in [1.29, 1.82) is 0 Å². The minimum atomic E-state index is -1.02. The fraction of sp³-hybridized carbons (Fsp3) is 0.111. The minimum absolute atomic E-state index is 0.0544. The number of carboxylic acids is 1. The molecule has 1 N–H and O–H groups in total. The zero-order chi connectivity index (χ0) is 15.4. The SMILES string of the molecule is O=C(O)c1ccc(CCOc2cccc3ccccc23)cn1. The van der Waals surface area contributed by atoms with Crippen LogP contribution in [0.4, 0.5) is 0 Å². The molecule has 0 saturated carbocycles. The molecule has 0 aliphatic rings. The van der Waals surface area contributed by atoms with Crippen molar-refractivity contribution < 1.29 is 14.6 Å². The summed E-state index contributed by atoms with van der Waals surface area (Å²) in [6.45, 7) is 0.516. The molecule has 0 amide bonds. The van der Waals surface area contributed by atoms with E-state index in [0.717, 1.165) is 22.1 Å². The second-order valence-corrected chi connectivity index (χ2v) is 4.93. The summed E-state index contributed by atoms with van der Waals surface area (Å²) < 4.78 is 5.86. The highest BCUT2D eigenvalue weighted by molar-refractivity contribution is 5.88. The van der Waals surface area contributed by atoms with Crippen molar-refractivity contribution in [2.75, 3.05) is 6.61 Å². The number of ether oxygens (including phenoxy) is 1. The molecule has 22 heavy (non-hydrogen) atoms. The Bertz CT molecular complexity index is 792. The lowest BCUT2D eigenvalue weighted by molar-refractivity contribution is 0.0690. The van der Waals surface area contributed by atoms with E-state index in [1.165, 1.54) is 6.07 Å². The monoisotopic (exact) mass is 293 g/mol. The number of pyridine rings is 1. The van der Waals surface area contributed by atoms with Gasteiger partial charge in [0.25, 0.3) is 0 Å². The first-order valence-electron chi connectivity index (χ1n) is 7.03. The minimum Gasteiger partial charge on any atom is -0.493 e. The molecule has 4 nitrogen and oxygen atoms in total. The van der Waals surface area contributed by atoms with Crippen LogP contribution in [0.15, 0.2) is 60.8 Å². The summed E-state index contributed by atoms with van der Waals surface area (Å²) in [5.41, 5.74) is 1.00. The third-order valence-electron chi connectivity index (χ3n) is 3.44. The number of rotatable bonds is 5. The Labute approximate surface area is 128 Å². The molecule has 110 valence electrons. The molecule has 0 unspecified atom stereocenters. The van der Waals surface area contributed by atoms with Gasteiger partial charge < -0.3 is 9.84 Å². The zero-order valence-electron chi connectivity index (χ0n) is 11.9. The van der Waals surface area contributed by atoms with Crippen LogP contribution in [0.3, 0.4) is 0 Å². The van der Waals surface area contributed by atoms with Gasteiger partial charge in [0.2, 0.25) is 0 Å². The third kappa shape index (κ3) is 3.06. The molecule has 0 saturated heterocycles. The summed E-state index contributed by atoms with van der Waals surface area (Å²) in [6.07, 6.45) is 2.26. The normalized spacial score (nSPS) is 10.5. The van der Waals surface area contributed by atoms with Crippen molar-refractivity contribution in [2.24, 2.45) is 0 Å². The molecule has 0 aliphatic carbocycles. The van der Waals surface area contributed by atoms with E-state index in [2.05, 4.69) is 17.1 Å². The summed E-state index contributed by atoms with van der Waals surface area (Å²) in [5, 5.41) is 11.0. The first-order chi connectivity index (χ1) is 10.7. The van der Waals surface area contributed by atoms with E-state index in [1.807, 2.05) is 30.3 Å². The molecule has 1 heterocycles. The first-order valence-corrected chi connectivity index (χ1v) is 7.03. The molecule has 2 aromatic carbocycles. The number of hydrogen-bond donors (Lipinski definition) is 1. The van der Waals surface area contributed by atoms with Gasteiger partial charge in [-0.15, -0.1) is 0 Å². The second kappa shape index (κ2) is 6.26. The average molecular weight is 293 g/mol. The molecule has 3 aromatic rings. The van der Waals surface area contributed by atoms with Gasteiger partial charge in [0.05, 0.1) is 6.61 Å². The van der Waals surface area contributed by atoms with Crippen molar-refractivity contribution in [3.63, 3.8) is 0 Å². The first kappa shape index (κ1) is 14.1. The highest BCUT2D eigenvalue weighted by Gasteiger charge is 2.04. The van der Waals surface area contributed by atoms with Crippen LogP contribution in [0.5, 0.6) is 5.75 Å². The van der Waals surface area contributed by atoms with Gasteiger partial charge in [-0.25, -0.2) is 9.78 Å². The van der Waals surface area contributed by atoms with Gasteiger partial charge in [-0.05, 0) is 23.1 Å². The molecule has 0 radical (unpaired) electrons. The maximum Gasteiger partial charge on any atom is 0.354 e. The van der Waals surface area contributed by atoms with Crippen molar-refractivity contribution in [3.8, 4) is 5.75 Å². The highest BCUT2D eigenvalue weighted by Crippen LogP contribution is 2.25. The zero-order valence-corrected chi connectivity index (χ0v) is 11.9. The lowest BCUT2D eigenvalue weighted by Gasteiger charge is -2.09. The topological polar surface area (TPSA) is 59.4 Å². The van der Waals surface area contributed by atoms with Crippen LogP contribution in [0.1, 0.15) is 16.1 Å². The van der Waals surface area contributed by atoms with Gasteiger partial charge in [0.1, 0.15) is 11.4 Å². The van der Waals surface area contributed by atoms with Gasteiger partial charge in [-0.2, -0.15) is 0 Å². The predicted molar refractivity (Wildman–Crippen MR) is 84.3 cm³/mol. The number of benzene rings is 2. The predicted octanol–water partition coefficient (Wildman–Crippen LogP) is 3.55. The van der Waals surface area contributed by atoms with E-state index in [-0.39, 0.29) is 5.69 Å². The van der Waals surface area contributed by atoms with Crippen LogP contribution < -0.4 is 4.74 Å². The molecule has 0 bridgehead atoms. The van der Waals surface area contributed by atoms with E-state index in [4.69, 9.17) is 9.84 Å². The van der Waals surface area contributed by atoms with Gasteiger partial charge in [0.15, 0.2) is 0 Å². The number of nitrogens with zero attached hydrogens (tertiary/aromatic N) is 1. The van der Waals surface area contributed by atoms with E-state index >= 15 is 0 Å². The molecule has 0 fully saturated rings. The smallest absolute Gasteiger partial charge is 0.354 e. The van der Waals surface area contributed by atoms with E-state index in [0.29, 0.717) is 13.0 Å². The summed E-state index contributed by atoms with van der Waals surface area (Å²) in [6, 6.07) is 17.3. The van der Waals surface area contributed by atoms with Crippen LogP contribution in [-0.2, 0) is 6.42 Å². The van der Waals surface area contributed by atoms with Crippen molar-refractivity contribution in [1.82, 2.24) is 4.98 Å². The molecule has 0 atom stereocenters. The molecule has 4 heteroatoms. The molecule has 0 aliphatic heterocycles. The number of carboxylic acid groups (broad SMARTS) is 1. The van der Waals surface area contributed by atoms with Crippen LogP contribution in [0.2, 0.25) is 0 Å². The van der Waals surface area contributed by atoms with E-state index in [9.17, 15) is 4.79 Å². The maximum absolute atomic E-state index is 10.7. The van der Waals surface area contributed by atoms with Gasteiger partial charge in [0, 0.05) is 18.0 Å². The van der Waals surface area contributed by atoms with E-state index < -0.39 is 5.97 Å². The van der Waals surface area contributed by atoms with Crippen LogP contribution in [0, 0.1) is 0 Å². The van der Waals surface area contributed by atoms with Gasteiger partial charge in [-0.3, -0.25) is 0 Å². The molecular weight excluding hydrogens is 278 g/mol. The largest absolute Gasteiger partial charge is 0.493 e. The quantitative estimate of drug-likeness (QED) is 0.781. The lowest BCUT2D eigenvalue weighted by atomic mass is 10.1. The fourth-order valence-corrected chi connectivity index (χ4v) is 2.30. The number of carbonyl (C=O) groups is 1. The third-order valence-corrected chi connectivity index (χ3v) is 3.44. The van der Waals surface area contributed by atoms with Crippen LogP contribution >= 0.6 is 0 Å². The Balaban J connectivity index is 1.66. The average Bonchev–Trinajstić information content (AvgIpc) is 2.55. The Morgan fingerprint density at radius 3 is 2.64 bits per heavy atom. The molecular formula is C18H15NO3. The summed E-state index contributed by atoms with van der Waals surface area (Å²) in [7, 11) is 0. The number of aromatic nitrogens is 1. The maximum atomic E-state index is 10.7. The number of fused-ring (bicyclic) bond motifs is 1. The second-order valence-electron chi connectivity index (χ2n) is 4.93. The van der Waals surface area contributed by atoms with Crippen LogP contribution in [-0.4, -0.2) is 22.7 Å². The number of aromatic carboxylic acids is 1. The Hall–Kier alpha value is -2.88. The van der Waals surface area contributed by atoms with Crippen molar-refractivity contribution in [3.05, 3.63) is 72.1 Å². The van der Waals surface area contributed by atoms with Crippen molar-refractivity contribution in [2.45, 2.75) is 6.42 Å². The summed E-state index contributed by atoms with van der Waals surface area (Å²) in [5.74, 6) is -0.160.